The molecular formula is C15H20N2OS. The molecule has 102 valence electrons. The molecule has 0 aromatic carbocycles. The molecule has 2 heterocycles. The number of hydrogen-bond donors (Lipinski definition) is 1. The van der Waals surface area contributed by atoms with Gasteiger partial charge in [0.25, 0.3) is 0 Å². The smallest absolute Gasteiger partial charge is 0.222 e. The topological polar surface area (TPSA) is 48.1 Å². The second kappa shape index (κ2) is 5.88. The number of hydrogen-bond acceptors (Lipinski definition) is 4. The third-order valence-electron chi connectivity index (χ3n) is 4.15. The maximum absolute atomic E-state index is 5.99. The molecule has 1 aliphatic rings. The summed E-state index contributed by atoms with van der Waals surface area (Å²) < 4.78 is 7.23. The van der Waals surface area contributed by atoms with Crippen molar-refractivity contribution in [1.82, 2.24) is 4.98 Å². The Labute approximate surface area is 117 Å². The SMILES string of the molecule is NCC1CCCCC1COc1nccc2sccc12. The summed E-state index contributed by atoms with van der Waals surface area (Å²) in [5.41, 5.74) is 5.87. The molecule has 4 heteroatoms. The molecule has 0 spiro atoms. The number of ether oxygens (including phenoxy) is 1. The van der Waals surface area contributed by atoms with Crippen LogP contribution in [0.15, 0.2) is 23.7 Å². The highest BCUT2D eigenvalue weighted by atomic mass is 32.1. The van der Waals surface area contributed by atoms with Gasteiger partial charge in [0.1, 0.15) is 0 Å². The molecular weight excluding hydrogens is 256 g/mol. The van der Waals surface area contributed by atoms with Gasteiger partial charge in [0.2, 0.25) is 5.88 Å². The first-order valence-corrected chi connectivity index (χ1v) is 7.91. The zero-order chi connectivity index (χ0) is 13.1. The fraction of sp³-hybridized carbons (Fsp3) is 0.533. The Hall–Kier alpha value is -1.13. The molecule has 1 saturated carbocycles. The largest absolute Gasteiger partial charge is 0.477 e. The van der Waals surface area contributed by atoms with E-state index in [9.17, 15) is 0 Å². The van der Waals surface area contributed by atoms with Gasteiger partial charge in [0, 0.05) is 10.9 Å². The van der Waals surface area contributed by atoms with Crippen molar-refractivity contribution in [3.8, 4) is 5.88 Å². The van der Waals surface area contributed by atoms with E-state index in [1.54, 1.807) is 11.3 Å². The van der Waals surface area contributed by atoms with Crippen LogP contribution in [0.1, 0.15) is 25.7 Å². The summed E-state index contributed by atoms with van der Waals surface area (Å²) in [5.74, 6) is 1.99. The molecule has 2 aromatic rings. The third-order valence-corrected chi connectivity index (χ3v) is 5.03. The number of aromatic nitrogens is 1. The van der Waals surface area contributed by atoms with Crippen molar-refractivity contribution in [2.24, 2.45) is 17.6 Å². The quantitative estimate of drug-likeness (QED) is 0.930. The normalized spacial score (nSPS) is 23.6. The predicted octanol–water partition coefficient (Wildman–Crippen LogP) is 3.44. The van der Waals surface area contributed by atoms with Crippen LogP contribution < -0.4 is 10.5 Å². The van der Waals surface area contributed by atoms with E-state index in [-0.39, 0.29) is 0 Å². The van der Waals surface area contributed by atoms with Crippen LogP contribution in [0, 0.1) is 11.8 Å². The minimum atomic E-state index is 0.592. The van der Waals surface area contributed by atoms with Crippen molar-refractivity contribution >= 4 is 21.4 Å². The molecule has 2 N–H and O–H groups in total. The highest BCUT2D eigenvalue weighted by molar-refractivity contribution is 7.17. The van der Waals surface area contributed by atoms with E-state index in [1.807, 2.05) is 12.3 Å². The van der Waals surface area contributed by atoms with Crippen molar-refractivity contribution in [1.29, 1.82) is 0 Å². The van der Waals surface area contributed by atoms with E-state index in [0.29, 0.717) is 11.8 Å². The number of nitrogens with two attached hydrogens (primary N) is 1. The van der Waals surface area contributed by atoms with Crippen LogP contribution >= 0.6 is 11.3 Å². The van der Waals surface area contributed by atoms with Gasteiger partial charge in [-0.1, -0.05) is 12.8 Å². The first-order valence-electron chi connectivity index (χ1n) is 7.03. The fourth-order valence-electron chi connectivity index (χ4n) is 2.98. The lowest BCUT2D eigenvalue weighted by atomic mass is 9.80. The standard InChI is InChI=1S/C15H20N2OS/c16-9-11-3-1-2-4-12(11)10-18-15-13-6-8-19-14(13)5-7-17-15/h5-8,11-12H,1-4,9-10,16H2. The van der Waals surface area contributed by atoms with E-state index in [1.165, 1.54) is 30.4 Å². The lowest BCUT2D eigenvalue weighted by Crippen LogP contribution is -2.30. The van der Waals surface area contributed by atoms with Crippen LogP contribution in [0.2, 0.25) is 0 Å². The van der Waals surface area contributed by atoms with Gasteiger partial charge in [-0.15, -0.1) is 11.3 Å². The summed E-state index contributed by atoms with van der Waals surface area (Å²) in [4.78, 5) is 4.37. The molecule has 0 amide bonds. The number of pyridine rings is 1. The lowest BCUT2D eigenvalue weighted by Gasteiger charge is -2.30. The van der Waals surface area contributed by atoms with Crippen molar-refractivity contribution in [3.63, 3.8) is 0 Å². The molecule has 19 heavy (non-hydrogen) atoms. The highest BCUT2D eigenvalue weighted by Crippen LogP contribution is 2.32. The molecule has 0 bridgehead atoms. The van der Waals surface area contributed by atoms with Crippen LogP contribution in [0.4, 0.5) is 0 Å². The van der Waals surface area contributed by atoms with Crippen LogP contribution in [0.5, 0.6) is 5.88 Å². The molecule has 3 nitrogen and oxygen atoms in total. The Morgan fingerprint density at radius 3 is 2.95 bits per heavy atom. The molecule has 1 aliphatic carbocycles. The summed E-state index contributed by atoms with van der Waals surface area (Å²) in [5, 5.41) is 3.22. The van der Waals surface area contributed by atoms with E-state index >= 15 is 0 Å². The predicted molar refractivity (Wildman–Crippen MR) is 79.6 cm³/mol. The van der Waals surface area contributed by atoms with Gasteiger partial charge in [-0.05, 0) is 48.7 Å². The number of thiophene rings is 1. The Morgan fingerprint density at radius 1 is 1.26 bits per heavy atom. The molecule has 1 fully saturated rings. The maximum Gasteiger partial charge on any atom is 0.222 e. The highest BCUT2D eigenvalue weighted by Gasteiger charge is 2.24. The van der Waals surface area contributed by atoms with Crippen molar-refractivity contribution in [2.45, 2.75) is 25.7 Å². The zero-order valence-electron chi connectivity index (χ0n) is 11.0. The van der Waals surface area contributed by atoms with E-state index in [0.717, 1.165) is 24.4 Å². The van der Waals surface area contributed by atoms with E-state index < -0.39 is 0 Å². The average molecular weight is 276 g/mol. The van der Waals surface area contributed by atoms with E-state index in [2.05, 4.69) is 16.4 Å². The van der Waals surface area contributed by atoms with Crippen LogP contribution in [0.25, 0.3) is 10.1 Å². The lowest BCUT2D eigenvalue weighted by molar-refractivity contribution is 0.151. The van der Waals surface area contributed by atoms with Crippen molar-refractivity contribution in [3.05, 3.63) is 23.7 Å². The zero-order valence-corrected chi connectivity index (χ0v) is 11.9. The second-order valence-electron chi connectivity index (χ2n) is 5.30. The van der Waals surface area contributed by atoms with Gasteiger partial charge >= 0.3 is 0 Å². The molecule has 3 rings (SSSR count). The van der Waals surface area contributed by atoms with E-state index in [4.69, 9.17) is 10.5 Å². The Balaban J connectivity index is 1.69. The van der Waals surface area contributed by atoms with Gasteiger partial charge in [-0.25, -0.2) is 4.98 Å². The second-order valence-corrected chi connectivity index (χ2v) is 6.25. The van der Waals surface area contributed by atoms with Gasteiger partial charge in [0.15, 0.2) is 0 Å². The molecule has 2 unspecified atom stereocenters. The fourth-order valence-corrected chi connectivity index (χ4v) is 3.76. The summed E-state index contributed by atoms with van der Waals surface area (Å²) in [7, 11) is 0. The number of fused-ring (bicyclic) bond motifs is 1. The van der Waals surface area contributed by atoms with Gasteiger partial charge in [0.05, 0.1) is 12.0 Å². The minimum absolute atomic E-state index is 0.592. The number of nitrogens with zero attached hydrogens (tertiary/aromatic N) is 1. The third kappa shape index (κ3) is 2.74. The van der Waals surface area contributed by atoms with Crippen molar-refractivity contribution < 1.29 is 4.74 Å². The van der Waals surface area contributed by atoms with Crippen LogP contribution in [0.3, 0.4) is 0 Å². The first-order chi connectivity index (χ1) is 9.38. The van der Waals surface area contributed by atoms with Gasteiger partial charge in [-0.2, -0.15) is 0 Å². The van der Waals surface area contributed by atoms with Crippen LogP contribution in [-0.4, -0.2) is 18.1 Å². The first kappa shape index (κ1) is 12.9. The van der Waals surface area contributed by atoms with Crippen LogP contribution in [-0.2, 0) is 0 Å². The molecule has 0 aliphatic heterocycles. The maximum atomic E-state index is 5.99. The monoisotopic (exact) mass is 276 g/mol. The Morgan fingerprint density at radius 2 is 2.11 bits per heavy atom. The molecule has 0 radical (unpaired) electrons. The summed E-state index contributed by atoms with van der Waals surface area (Å²) in [6.45, 7) is 1.54. The minimum Gasteiger partial charge on any atom is -0.477 e. The molecule has 2 atom stereocenters. The summed E-state index contributed by atoms with van der Waals surface area (Å²) >= 11 is 1.73. The summed E-state index contributed by atoms with van der Waals surface area (Å²) in [6, 6.07) is 4.12. The number of rotatable bonds is 4. The van der Waals surface area contributed by atoms with Gasteiger partial charge in [-0.3, -0.25) is 0 Å². The Kier molecular flexibility index (Phi) is 3.99. The van der Waals surface area contributed by atoms with Crippen molar-refractivity contribution in [2.75, 3.05) is 13.2 Å². The molecule has 0 saturated heterocycles. The van der Waals surface area contributed by atoms with Gasteiger partial charge < -0.3 is 10.5 Å². The molecule has 2 aromatic heterocycles. The Bertz CT molecular complexity index is 540. The summed E-state index contributed by atoms with van der Waals surface area (Å²) in [6.07, 6.45) is 6.94. The average Bonchev–Trinajstić information content (AvgIpc) is 2.94.